The molecule has 0 amide bonds. The first-order chi connectivity index (χ1) is 9.71. The lowest BCUT2D eigenvalue weighted by atomic mass is 9.63. The Hall–Kier alpha value is -1.09. The van der Waals surface area contributed by atoms with E-state index in [2.05, 4.69) is 33.0 Å². The number of nitrogens with one attached hydrogen (secondary N) is 1. The molecule has 0 spiro atoms. The zero-order valence-electron chi connectivity index (χ0n) is 13.9. The topological polar surface area (TPSA) is 21.3 Å². The Labute approximate surface area is 128 Å². The van der Waals surface area contributed by atoms with Crippen LogP contribution in [0.2, 0.25) is 0 Å². The molecule has 1 aromatic rings. The molecule has 1 N–H and O–H groups in total. The zero-order valence-corrected chi connectivity index (χ0v) is 13.9. The first-order valence-electron chi connectivity index (χ1n) is 7.77. The molecule has 1 fully saturated rings. The summed E-state index contributed by atoms with van der Waals surface area (Å²) < 4.78 is 18.7. The number of halogens is 1. The molecule has 0 unspecified atom stereocenters. The van der Waals surface area contributed by atoms with Gasteiger partial charge in [-0.05, 0) is 47.8 Å². The number of benzene rings is 1. The summed E-state index contributed by atoms with van der Waals surface area (Å²) in [5.41, 5.74) is 1.70. The van der Waals surface area contributed by atoms with Crippen LogP contribution in [0.4, 0.5) is 4.39 Å². The predicted molar refractivity (Wildman–Crippen MR) is 85.0 cm³/mol. The fraction of sp³-hybridized carbons (Fsp3) is 0.667. The number of methoxy groups -OCH3 is 1. The van der Waals surface area contributed by atoms with Crippen molar-refractivity contribution in [3.8, 4) is 5.75 Å². The molecule has 21 heavy (non-hydrogen) atoms. The smallest absolute Gasteiger partial charge is 0.165 e. The molecule has 0 aliphatic heterocycles. The van der Waals surface area contributed by atoms with Gasteiger partial charge in [-0.2, -0.15) is 0 Å². The first kappa shape index (κ1) is 16.3. The molecule has 0 bridgehead atoms. The number of rotatable bonds is 4. The molecule has 2 nitrogen and oxygen atoms in total. The maximum atomic E-state index is 13.7. The molecular formula is C18H28FNO. The Balaban J connectivity index is 1.98. The van der Waals surface area contributed by atoms with Gasteiger partial charge in [0.25, 0.3) is 0 Å². The Bertz CT molecular complexity index is 480. The Morgan fingerprint density at radius 1 is 1.19 bits per heavy atom. The van der Waals surface area contributed by atoms with E-state index in [1.54, 1.807) is 12.1 Å². The molecular weight excluding hydrogens is 265 g/mol. The van der Waals surface area contributed by atoms with E-state index in [4.69, 9.17) is 4.74 Å². The number of hydrogen-bond acceptors (Lipinski definition) is 2. The van der Waals surface area contributed by atoms with E-state index in [9.17, 15) is 4.39 Å². The lowest BCUT2D eigenvalue weighted by Crippen LogP contribution is -2.43. The highest BCUT2D eigenvalue weighted by Gasteiger charge is 2.38. The second kappa shape index (κ2) is 5.96. The van der Waals surface area contributed by atoms with Crippen molar-refractivity contribution in [2.24, 2.45) is 10.8 Å². The summed E-state index contributed by atoms with van der Waals surface area (Å²) >= 11 is 0. The third kappa shape index (κ3) is 4.44. The van der Waals surface area contributed by atoms with Crippen molar-refractivity contribution in [3.05, 3.63) is 29.6 Å². The van der Waals surface area contributed by atoms with Crippen LogP contribution in [-0.2, 0) is 6.54 Å². The van der Waals surface area contributed by atoms with Crippen LogP contribution >= 0.6 is 0 Å². The van der Waals surface area contributed by atoms with Gasteiger partial charge in [-0.15, -0.1) is 0 Å². The van der Waals surface area contributed by atoms with Gasteiger partial charge in [0.1, 0.15) is 0 Å². The SMILES string of the molecule is COc1ccc(CNC2CC(C)(C)CC(C)(C)C2)cc1F. The van der Waals surface area contributed by atoms with Crippen molar-refractivity contribution < 1.29 is 9.13 Å². The second-order valence-corrected chi connectivity index (χ2v) is 7.96. The summed E-state index contributed by atoms with van der Waals surface area (Å²) in [7, 11) is 1.49. The number of hydrogen-bond donors (Lipinski definition) is 1. The van der Waals surface area contributed by atoms with Crippen molar-refractivity contribution in [1.82, 2.24) is 5.32 Å². The Kier molecular flexibility index (Phi) is 4.62. The normalized spacial score (nSPS) is 21.2. The molecule has 1 aromatic carbocycles. The van der Waals surface area contributed by atoms with E-state index < -0.39 is 0 Å². The summed E-state index contributed by atoms with van der Waals surface area (Å²) in [4.78, 5) is 0. The monoisotopic (exact) mass is 293 g/mol. The summed E-state index contributed by atoms with van der Waals surface area (Å²) in [6, 6.07) is 5.67. The van der Waals surface area contributed by atoms with Crippen LogP contribution in [0.5, 0.6) is 5.75 Å². The van der Waals surface area contributed by atoms with Gasteiger partial charge >= 0.3 is 0 Å². The van der Waals surface area contributed by atoms with Crippen LogP contribution < -0.4 is 10.1 Å². The lowest BCUT2D eigenvalue weighted by molar-refractivity contribution is 0.0845. The lowest BCUT2D eigenvalue weighted by Gasteiger charge is -2.45. The molecule has 0 heterocycles. The minimum absolute atomic E-state index is 0.291. The van der Waals surface area contributed by atoms with E-state index in [1.807, 2.05) is 6.07 Å². The molecule has 0 radical (unpaired) electrons. The maximum absolute atomic E-state index is 13.7. The zero-order chi connectivity index (χ0) is 15.7. The van der Waals surface area contributed by atoms with Gasteiger partial charge in [0.2, 0.25) is 0 Å². The maximum Gasteiger partial charge on any atom is 0.165 e. The van der Waals surface area contributed by atoms with Crippen molar-refractivity contribution >= 4 is 0 Å². The van der Waals surface area contributed by atoms with Crippen LogP contribution in [-0.4, -0.2) is 13.2 Å². The Morgan fingerprint density at radius 3 is 2.33 bits per heavy atom. The molecule has 2 rings (SSSR count). The standard InChI is InChI=1S/C18H28FNO/c1-17(2)9-14(10-18(3,4)12-17)20-11-13-6-7-16(21-5)15(19)8-13/h6-8,14,20H,9-12H2,1-5H3. The summed E-state index contributed by atoms with van der Waals surface area (Å²) in [6.07, 6.45) is 3.61. The number of ether oxygens (including phenoxy) is 1. The summed E-state index contributed by atoms with van der Waals surface area (Å²) in [5.74, 6) is 0.0137. The van der Waals surface area contributed by atoms with Gasteiger partial charge in [-0.3, -0.25) is 0 Å². The van der Waals surface area contributed by atoms with Crippen molar-refractivity contribution in [2.45, 2.75) is 59.5 Å². The highest BCUT2D eigenvalue weighted by molar-refractivity contribution is 5.29. The summed E-state index contributed by atoms with van der Waals surface area (Å²) in [5, 5.41) is 3.61. The second-order valence-electron chi connectivity index (χ2n) is 7.96. The van der Waals surface area contributed by atoms with Gasteiger partial charge in [0.15, 0.2) is 11.6 Å². The predicted octanol–water partition coefficient (Wildman–Crippen LogP) is 4.53. The van der Waals surface area contributed by atoms with E-state index in [0.29, 0.717) is 29.2 Å². The highest BCUT2D eigenvalue weighted by Crippen LogP contribution is 2.45. The molecule has 0 atom stereocenters. The quantitative estimate of drug-likeness (QED) is 0.880. The third-order valence-corrected chi connectivity index (χ3v) is 4.37. The van der Waals surface area contributed by atoms with Crippen molar-refractivity contribution in [2.75, 3.05) is 7.11 Å². The minimum Gasteiger partial charge on any atom is -0.494 e. The van der Waals surface area contributed by atoms with Gasteiger partial charge in [0.05, 0.1) is 7.11 Å². The molecule has 0 aromatic heterocycles. The Morgan fingerprint density at radius 2 is 1.81 bits per heavy atom. The van der Waals surface area contributed by atoms with Crippen LogP contribution in [0.3, 0.4) is 0 Å². The molecule has 1 aliphatic carbocycles. The largest absolute Gasteiger partial charge is 0.494 e. The molecule has 118 valence electrons. The summed E-state index contributed by atoms with van der Waals surface area (Å²) in [6.45, 7) is 10.1. The van der Waals surface area contributed by atoms with Crippen LogP contribution in [0, 0.1) is 16.6 Å². The van der Waals surface area contributed by atoms with E-state index in [-0.39, 0.29) is 5.82 Å². The molecule has 0 saturated heterocycles. The van der Waals surface area contributed by atoms with Crippen molar-refractivity contribution in [3.63, 3.8) is 0 Å². The minimum atomic E-state index is -0.291. The molecule has 1 aliphatic rings. The van der Waals surface area contributed by atoms with Gasteiger partial charge in [0, 0.05) is 12.6 Å². The molecule has 1 saturated carbocycles. The average Bonchev–Trinajstić information content (AvgIpc) is 2.33. The first-order valence-corrected chi connectivity index (χ1v) is 7.77. The van der Waals surface area contributed by atoms with Gasteiger partial charge in [-0.25, -0.2) is 4.39 Å². The fourth-order valence-electron chi connectivity index (χ4n) is 4.07. The average molecular weight is 293 g/mol. The van der Waals surface area contributed by atoms with Gasteiger partial charge < -0.3 is 10.1 Å². The van der Waals surface area contributed by atoms with E-state index in [1.165, 1.54) is 26.4 Å². The fourth-order valence-corrected chi connectivity index (χ4v) is 4.07. The highest BCUT2D eigenvalue weighted by atomic mass is 19.1. The van der Waals surface area contributed by atoms with Gasteiger partial charge in [-0.1, -0.05) is 33.8 Å². The van der Waals surface area contributed by atoms with Crippen LogP contribution in [0.25, 0.3) is 0 Å². The molecule has 3 heteroatoms. The van der Waals surface area contributed by atoms with E-state index >= 15 is 0 Å². The van der Waals surface area contributed by atoms with Crippen LogP contribution in [0.1, 0.15) is 52.5 Å². The third-order valence-electron chi connectivity index (χ3n) is 4.37. The van der Waals surface area contributed by atoms with Crippen molar-refractivity contribution in [1.29, 1.82) is 0 Å². The van der Waals surface area contributed by atoms with Crippen LogP contribution in [0.15, 0.2) is 18.2 Å². The van der Waals surface area contributed by atoms with E-state index in [0.717, 1.165) is 5.56 Å².